The van der Waals surface area contributed by atoms with Crippen LogP contribution in [-0.2, 0) is 22.2 Å². The molecule has 0 atom stereocenters. The first-order valence-electron chi connectivity index (χ1n) is 7.71. The van der Waals surface area contributed by atoms with Gasteiger partial charge in [-0.15, -0.1) is 0 Å². The van der Waals surface area contributed by atoms with E-state index in [1.54, 1.807) is 30.0 Å². The Morgan fingerprint density at radius 1 is 1.12 bits per heavy atom. The molecule has 0 aromatic heterocycles. The number of thioether (sulfide) groups is 1. The van der Waals surface area contributed by atoms with E-state index in [-0.39, 0.29) is 0 Å². The fourth-order valence-electron chi connectivity index (χ4n) is 2.17. The van der Waals surface area contributed by atoms with Crippen LogP contribution in [0, 0.1) is 11.3 Å². The summed E-state index contributed by atoms with van der Waals surface area (Å²) in [6.07, 6.45) is 0.883. The molecule has 0 amide bonds. The lowest BCUT2D eigenvalue weighted by Gasteiger charge is -2.08. The van der Waals surface area contributed by atoms with Gasteiger partial charge in [0.25, 0.3) is 0 Å². The molecule has 2 rings (SSSR count). The first-order chi connectivity index (χ1) is 11.6. The van der Waals surface area contributed by atoms with Crippen molar-refractivity contribution in [3.05, 3.63) is 65.2 Å². The van der Waals surface area contributed by atoms with Gasteiger partial charge in [-0.1, -0.05) is 37.3 Å². The minimum absolute atomic E-state index is 0.291. The molecular weight excluding hydrogens is 340 g/mol. The van der Waals surface area contributed by atoms with Crippen molar-refractivity contribution in [2.75, 3.05) is 12.3 Å². The SMILES string of the molecule is CCc1ccc(S(=O)(=O)NCCSCc2ccccc2C#N)cc1. The number of rotatable bonds is 8. The minimum Gasteiger partial charge on any atom is -0.210 e. The second-order valence-electron chi connectivity index (χ2n) is 5.22. The topological polar surface area (TPSA) is 70.0 Å². The second kappa shape index (κ2) is 8.88. The Hall–Kier alpha value is -1.81. The number of hydrogen-bond donors (Lipinski definition) is 1. The van der Waals surface area contributed by atoms with Gasteiger partial charge in [-0.3, -0.25) is 0 Å². The Balaban J connectivity index is 1.82. The van der Waals surface area contributed by atoms with Gasteiger partial charge in [0.15, 0.2) is 0 Å². The molecular formula is C18H20N2O2S2. The van der Waals surface area contributed by atoms with Gasteiger partial charge in [0.2, 0.25) is 10.0 Å². The minimum atomic E-state index is -3.46. The van der Waals surface area contributed by atoms with Gasteiger partial charge in [-0.2, -0.15) is 17.0 Å². The molecule has 0 bridgehead atoms. The lowest BCUT2D eigenvalue weighted by Crippen LogP contribution is -2.26. The number of nitrogens with one attached hydrogen (secondary N) is 1. The highest BCUT2D eigenvalue weighted by Crippen LogP contribution is 2.16. The molecule has 126 valence electrons. The van der Waals surface area contributed by atoms with Gasteiger partial charge < -0.3 is 0 Å². The first-order valence-corrected chi connectivity index (χ1v) is 10.3. The molecule has 0 aliphatic carbocycles. The summed E-state index contributed by atoms with van der Waals surface area (Å²) in [6.45, 7) is 2.39. The van der Waals surface area contributed by atoms with E-state index >= 15 is 0 Å². The zero-order valence-electron chi connectivity index (χ0n) is 13.5. The Morgan fingerprint density at radius 3 is 2.50 bits per heavy atom. The van der Waals surface area contributed by atoms with Crippen molar-refractivity contribution < 1.29 is 8.42 Å². The normalized spacial score (nSPS) is 11.2. The van der Waals surface area contributed by atoms with Crippen LogP contribution in [0.25, 0.3) is 0 Å². The highest BCUT2D eigenvalue weighted by atomic mass is 32.2. The van der Waals surface area contributed by atoms with Crippen LogP contribution in [0.15, 0.2) is 53.4 Å². The molecule has 1 N–H and O–H groups in total. The first kappa shape index (κ1) is 18.5. The van der Waals surface area contributed by atoms with Gasteiger partial charge in [0, 0.05) is 18.1 Å². The van der Waals surface area contributed by atoms with Crippen molar-refractivity contribution in [1.82, 2.24) is 4.72 Å². The van der Waals surface area contributed by atoms with Crippen molar-refractivity contribution in [3.8, 4) is 6.07 Å². The second-order valence-corrected chi connectivity index (χ2v) is 8.09. The van der Waals surface area contributed by atoms with E-state index in [2.05, 4.69) is 10.8 Å². The summed E-state index contributed by atoms with van der Waals surface area (Å²) >= 11 is 1.60. The maximum Gasteiger partial charge on any atom is 0.240 e. The summed E-state index contributed by atoms with van der Waals surface area (Å²) in [5.41, 5.74) is 2.75. The van der Waals surface area contributed by atoms with Gasteiger partial charge in [-0.25, -0.2) is 13.1 Å². The number of nitriles is 1. The zero-order chi connectivity index (χ0) is 17.4. The van der Waals surface area contributed by atoms with E-state index in [9.17, 15) is 8.42 Å². The van der Waals surface area contributed by atoms with Gasteiger partial charge in [0.05, 0.1) is 16.5 Å². The van der Waals surface area contributed by atoms with Crippen LogP contribution in [0.5, 0.6) is 0 Å². The lowest BCUT2D eigenvalue weighted by molar-refractivity contribution is 0.584. The molecule has 2 aromatic rings. The summed E-state index contributed by atoms with van der Waals surface area (Å²) in [5.74, 6) is 1.34. The monoisotopic (exact) mass is 360 g/mol. The Kier molecular flexibility index (Phi) is 6.85. The molecule has 0 aliphatic heterocycles. The molecule has 4 nitrogen and oxygen atoms in total. The summed E-state index contributed by atoms with van der Waals surface area (Å²) in [5, 5.41) is 9.04. The maximum absolute atomic E-state index is 12.2. The average Bonchev–Trinajstić information content (AvgIpc) is 2.61. The summed E-state index contributed by atoms with van der Waals surface area (Å²) in [7, 11) is -3.46. The molecule has 0 unspecified atom stereocenters. The van der Waals surface area contributed by atoms with Crippen molar-refractivity contribution in [2.24, 2.45) is 0 Å². The molecule has 0 radical (unpaired) electrons. The van der Waals surface area contributed by atoms with Crippen molar-refractivity contribution in [2.45, 2.75) is 24.0 Å². The van der Waals surface area contributed by atoms with Gasteiger partial charge in [-0.05, 0) is 35.7 Å². The predicted molar refractivity (Wildman–Crippen MR) is 98.3 cm³/mol. The third kappa shape index (κ3) is 5.10. The highest BCUT2D eigenvalue weighted by Gasteiger charge is 2.12. The number of nitrogens with zero attached hydrogens (tertiary/aromatic N) is 1. The van der Waals surface area contributed by atoms with Gasteiger partial charge in [0.1, 0.15) is 0 Å². The molecule has 2 aromatic carbocycles. The predicted octanol–water partition coefficient (Wildman–Crippen LogP) is 3.33. The Bertz CT molecular complexity index is 810. The van der Waals surface area contributed by atoms with E-state index in [1.807, 2.05) is 37.3 Å². The summed E-state index contributed by atoms with van der Waals surface area (Å²) in [6, 6.07) is 16.6. The number of aryl methyl sites for hydroxylation is 1. The third-order valence-corrected chi connectivity index (χ3v) is 6.06. The standard InChI is InChI=1S/C18H20N2O2S2/c1-2-15-7-9-18(10-8-15)24(21,22)20-11-12-23-14-17-6-4-3-5-16(17)13-19/h3-10,20H,2,11-12,14H2,1H3. The highest BCUT2D eigenvalue weighted by molar-refractivity contribution is 7.98. The van der Waals surface area contributed by atoms with E-state index < -0.39 is 10.0 Å². The van der Waals surface area contributed by atoms with Crippen LogP contribution in [0.4, 0.5) is 0 Å². The molecule has 0 fully saturated rings. The lowest BCUT2D eigenvalue weighted by atomic mass is 10.1. The van der Waals surface area contributed by atoms with Gasteiger partial charge >= 0.3 is 0 Å². The van der Waals surface area contributed by atoms with Crippen LogP contribution in [0.3, 0.4) is 0 Å². The summed E-state index contributed by atoms with van der Waals surface area (Å²) in [4.78, 5) is 0.291. The number of benzene rings is 2. The van der Waals surface area contributed by atoms with Crippen molar-refractivity contribution >= 4 is 21.8 Å². The van der Waals surface area contributed by atoms with Crippen LogP contribution in [0.1, 0.15) is 23.6 Å². The Morgan fingerprint density at radius 2 is 1.83 bits per heavy atom. The molecule has 0 saturated carbocycles. The van der Waals surface area contributed by atoms with E-state index in [1.165, 1.54) is 0 Å². The molecule has 0 heterocycles. The number of sulfonamides is 1. The van der Waals surface area contributed by atoms with Crippen LogP contribution in [0.2, 0.25) is 0 Å². The Labute approximate surface area is 148 Å². The van der Waals surface area contributed by atoms with Crippen LogP contribution < -0.4 is 4.72 Å². The largest absolute Gasteiger partial charge is 0.240 e. The fraction of sp³-hybridized carbons (Fsp3) is 0.278. The molecule has 0 aliphatic rings. The molecule has 0 saturated heterocycles. The smallest absolute Gasteiger partial charge is 0.210 e. The van der Waals surface area contributed by atoms with Crippen LogP contribution in [-0.4, -0.2) is 20.7 Å². The molecule has 24 heavy (non-hydrogen) atoms. The fourth-order valence-corrected chi connectivity index (χ4v) is 4.20. The van der Waals surface area contributed by atoms with E-state index in [0.717, 1.165) is 17.5 Å². The van der Waals surface area contributed by atoms with Crippen molar-refractivity contribution in [3.63, 3.8) is 0 Å². The van der Waals surface area contributed by atoms with E-state index in [4.69, 9.17) is 5.26 Å². The molecule has 6 heteroatoms. The number of hydrogen-bond acceptors (Lipinski definition) is 4. The van der Waals surface area contributed by atoms with Crippen LogP contribution >= 0.6 is 11.8 Å². The third-order valence-electron chi connectivity index (χ3n) is 3.58. The van der Waals surface area contributed by atoms with E-state index in [0.29, 0.717) is 28.5 Å². The average molecular weight is 361 g/mol. The quantitative estimate of drug-likeness (QED) is 0.733. The molecule has 0 spiro atoms. The zero-order valence-corrected chi connectivity index (χ0v) is 15.2. The maximum atomic E-state index is 12.2. The van der Waals surface area contributed by atoms with Crippen molar-refractivity contribution in [1.29, 1.82) is 5.26 Å². The summed E-state index contributed by atoms with van der Waals surface area (Å²) < 4.78 is 27.0.